The van der Waals surface area contributed by atoms with Crippen molar-refractivity contribution >= 4 is 15.8 Å². The third kappa shape index (κ3) is 3.98. The summed E-state index contributed by atoms with van der Waals surface area (Å²) >= 11 is 0. The molecule has 1 aromatic rings. The SMILES string of the molecule is CCCC(CC)NS(=O)(=O)c1ccnc(N)c1. The molecular formula is C11H19N3O2S. The molecule has 3 N–H and O–H groups in total. The van der Waals surface area contributed by atoms with Gasteiger partial charge in [-0.05, 0) is 18.9 Å². The summed E-state index contributed by atoms with van der Waals surface area (Å²) in [5.74, 6) is 0.205. The number of rotatable bonds is 6. The maximum Gasteiger partial charge on any atom is 0.241 e. The van der Waals surface area contributed by atoms with E-state index in [1.165, 1.54) is 18.3 Å². The summed E-state index contributed by atoms with van der Waals surface area (Å²) in [6, 6.07) is 2.78. The Morgan fingerprint density at radius 2 is 2.18 bits per heavy atom. The molecule has 0 fully saturated rings. The zero-order valence-corrected chi connectivity index (χ0v) is 11.0. The van der Waals surface area contributed by atoms with Gasteiger partial charge in [-0.3, -0.25) is 0 Å². The van der Waals surface area contributed by atoms with Crippen molar-refractivity contribution in [1.82, 2.24) is 9.71 Å². The molecule has 17 heavy (non-hydrogen) atoms. The Labute approximate surface area is 102 Å². The minimum atomic E-state index is -3.49. The first-order valence-corrected chi connectivity index (χ1v) is 7.21. The predicted octanol–water partition coefficient (Wildman–Crippen LogP) is 1.52. The molecule has 0 spiro atoms. The fourth-order valence-electron chi connectivity index (χ4n) is 1.58. The second-order valence-electron chi connectivity index (χ2n) is 3.93. The molecule has 0 amide bonds. The molecule has 96 valence electrons. The standard InChI is InChI=1S/C11H19N3O2S/c1-3-5-9(4-2)14-17(15,16)10-6-7-13-11(12)8-10/h6-9,14H,3-5H2,1-2H3,(H2,12,13). The minimum absolute atomic E-state index is 0.0283. The zero-order valence-electron chi connectivity index (χ0n) is 10.2. The van der Waals surface area contributed by atoms with E-state index in [-0.39, 0.29) is 16.8 Å². The molecule has 0 saturated carbocycles. The molecule has 0 aliphatic carbocycles. The van der Waals surface area contributed by atoms with Crippen LogP contribution in [0.3, 0.4) is 0 Å². The van der Waals surface area contributed by atoms with E-state index in [0.29, 0.717) is 0 Å². The Kier molecular flexibility index (Phi) is 4.89. The second kappa shape index (κ2) is 5.97. The number of pyridine rings is 1. The molecule has 0 aromatic carbocycles. The van der Waals surface area contributed by atoms with Crippen LogP contribution in [0.2, 0.25) is 0 Å². The quantitative estimate of drug-likeness (QED) is 0.809. The molecule has 1 rings (SSSR count). The fraction of sp³-hybridized carbons (Fsp3) is 0.545. The van der Waals surface area contributed by atoms with E-state index < -0.39 is 10.0 Å². The van der Waals surface area contributed by atoms with E-state index in [0.717, 1.165) is 19.3 Å². The lowest BCUT2D eigenvalue weighted by atomic mass is 10.1. The van der Waals surface area contributed by atoms with Crippen LogP contribution in [0.5, 0.6) is 0 Å². The van der Waals surface area contributed by atoms with E-state index in [1.807, 2.05) is 13.8 Å². The number of aromatic nitrogens is 1. The number of nitrogens with zero attached hydrogens (tertiary/aromatic N) is 1. The summed E-state index contributed by atoms with van der Waals surface area (Å²) in [6.45, 7) is 3.99. The number of anilines is 1. The van der Waals surface area contributed by atoms with Crippen LogP contribution in [0.15, 0.2) is 23.2 Å². The molecule has 1 atom stereocenters. The van der Waals surface area contributed by atoms with Crippen LogP contribution < -0.4 is 10.5 Å². The Morgan fingerprint density at radius 3 is 2.71 bits per heavy atom. The average Bonchev–Trinajstić information content (AvgIpc) is 2.28. The molecule has 1 unspecified atom stereocenters. The predicted molar refractivity (Wildman–Crippen MR) is 68.0 cm³/mol. The van der Waals surface area contributed by atoms with Crippen LogP contribution in [-0.2, 0) is 10.0 Å². The lowest BCUT2D eigenvalue weighted by molar-refractivity contribution is 0.512. The monoisotopic (exact) mass is 257 g/mol. The summed E-state index contributed by atoms with van der Waals surface area (Å²) in [7, 11) is -3.49. The first kappa shape index (κ1) is 13.9. The number of hydrogen-bond donors (Lipinski definition) is 2. The zero-order chi connectivity index (χ0) is 12.9. The number of sulfonamides is 1. The molecule has 0 aliphatic rings. The summed E-state index contributed by atoms with van der Waals surface area (Å²) in [4.78, 5) is 3.94. The van der Waals surface area contributed by atoms with Crippen molar-refractivity contribution in [2.75, 3.05) is 5.73 Å². The Balaban J connectivity index is 2.88. The maximum atomic E-state index is 12.0. The summed E-state index contributed by atoms with van der Waals surface area (Å²) in [5, 5.41) is 0. The summed E-state index contributed by atoms with van der Waals surface area (Å²) < 4.78 is 26.7. The van der Waals surface area contributed by atoms with E-state index >= 15 is 0 Å². The highest BCUT2D eigenvalue weighted by atomic mass is 32.2. The Hall–Kier alpha value is -1.14. The second-order valence-corrected chi connectivity index (χ2v) is 5.65. The third-order valence-corrected chi connectivity index (χ3v) is 4.03. The highest BCUT2D eigenvalue weighted by molar-refractivity contribution is 7.89. The van der Waals surface area contributed by atoms with Crippen molar-refractivity contribution < 1.29 is 8.42 Å². The van der Waals surface area contributed by atoms with Crippen LogP contribution in [0, 0.1) is 0 Å². The van der Waals surface area contributed by atoms with E-state index in [1.54, 1.807) is 0 Å². The van der Waals surface area contributed by atoms with Gasteiger partial charge < -0.3 is 5.73 Å². The van der Waals surface area contributed by atoms with Crippen molar-refractivity contribution in [3.8, 4) is 0 Å². The van der Waals surface area contributed by atoms with Gasteiger partial charge in [-0.15, -0.1) is 0 Å². The topological polar surface area (TPSA) is 85.1 Å². The largest absolute Gasteiger partial charge is 0.384 e. The first-order valence-electron chi connectivity index (χ1n) is 5.73. The van der Waals surface area contributed by atoms with Crippen molar-refractivity contribution in [2.45, 2.75) is 44.0 Å². The first-order chi connectivity index (χ1) is 7.99. The van der Waals surface area contributed by atoms with Gasteiger partial charge in [0.2, 0.25) is 10.0 Å². The van der Waals surface area contributed by atoms with E-state index in [4.69, 9.17) is 5.73 Å². The molecule has 0 bridgehead atoms. The number of hydrogen-bond acceptors (Lipinski definition) is 4. The van der Waals surface area contributed by atoms with Crippen molar-refractivity contribution in [2.24, 2.45) is 0 Å². The summed E-state index contributed by atoms with van der Waals surface area (Å²) in [5.41, 5.74) is 5.47. The minimum Gasteiger partial charge on any atom is -0.384 e. The molecular weight excluding hydrogens is 238 g/mol. The van der Waals surface area contributed by atoms with Crippen LogP contribution >= 0.6 is 0 Å². The van der Waals surface area contributed by atoms with Crippen LogP contribution in [0.4, 0.5) is 5.82 Å². The normalized spacial score (nSPS) is 13.5. The molecule has 0 radical (unpaired) electrons. The molecule has 1 heterocycles. The van der Waals surface area contributed by atoms with Gasteiger partial charge in [0, 0.05) is 18.3 Å². The van der Waals surface area contributed by atoms with Crippen molar-refractivity contribution in [3.05, 3.63) is 18.3 Å². The molecule has 0 saturated heterocycles. The molecule has 6 heteroatoms. The van der Waals surface area contributed by atoms with Gasteiger partial charge in [0.1, 0.15) is 5.82 Å². The van der Waals surface area contributed by atoms with Gasteiger partial charge in [0.05, 0.1) is 4.90 Å². The van der Waals surface area contributed by atoms with Gasteiger partial charge in [0.25, 0.3) is 0 Å². The van der Waals surface area contributed by atoms with Crippen LogP contribution in [0.25, 0.3) is 0 Å². The molecule has 1 aromatic heterocycles. The van der Waals surface area contributed by atoms with Gasteiger partial charge in [-0.1, -0.05) is 20.3 Å². The molecule has 5 nitrogen and oxygen atoms in total. The highest BCUT2D eigenvalue weighted by Crippen LogP contribution is 2.12. The lowest BCUT2D eigenvalue weighted by Gasteiger charge is -2.16. The van der Waals surface area contributed by atoms with Gasteiger partial charge in [-0.2, -0.15) is 0 Å². The van der Waals surface area contributed by atoms with Gasteiger partial charge in [0.15, 0.2) is 0 Å². The summed E-state index contributed by atoms with van der Waals surface area (Å²) in [6.07, 6.45) is 3.94. The average molecular weight is 257 g/mol. The number of nitrogen functional groups attached to an aromatic ring is 1. The van der Waals surface area contributed by atoms with E-state index in [2.05, 4.69) is 9.71 Å². The van der Waals surface area contributed by atoms with Crippen molar-refractivity contribution in [1.29, 1.82) is 0 Å². The fourth-order valence-corrected chi connectivity index (χ4v) is 2.95. The number of nitrogens with one attached hydrogen (secondary N) is 1. The molecule has 0 aliphatic heterocycles. The van der Waals surface area contributed by atoms with Crippen LogP contribution in [0.1, 0.15) is 33.1 Å². The van der Waals surface area contributed by atoms with Crippen LogP contribution in [-0.4, -0.2) is 19.4 Å². The Bertz CT molecular complexity index is 460. The number of nitrogens with two attached hydrogens (primary N) is 1. The van der Waals surface area contributed by atoms with Gasteiger partial charge >= 0.3 is 0 Å². The van der Waals surface area contributed by atoms with E-state index in [9.17, 15) is 8.42 Å². The lowest BCUT2D eigenvalue weighted by Crippen LogP contribution is -2.34. The van der Waals surface area contributed by atoms with Crippen molar-refractivity contribution in [3.63, 3.8) is 0 Å². The van der Waals surface area contributed by atoms with Gasteiger partial charge in [-0.25, -0.2) is 18.1 Å². The maximum absolute atomic E-state index is 12.0. The smallest absolute Gasteiger partial charge is 0.241 e. The Morgan fingerprint density at radius 1 is 1.47 bits per heavy atom. The third-order valence-electron chi connectivity index (χ3n) is 2.51. The highest BCUT2D eigenvalue weighted by Gasteiger charge is 2.18.